The van der Waals surface area contributed by atoms with Gasteiger partial charge in [0.25, 0.3) is 0 Å². The van der Waals surface area contributed by atoms with Gasteiger partial charge in [-0.25, -0.2) is 0 Å². The summed E-state index contributed by atoms with van der Waals surface area (Å²) in [6.07, 6.45) is 1.95. The Balaban J connectivity index is 0.859. The summed E-state index contributed by atoms with van der Waals surface area (Å²) in [5.41, 5.74) is 25.2. The van der Waals surface area contributed by atoms with Crippen LogP contribution in [0.15, 0.2) is 150 Å². The standard InChI is InChI=1S/C60H48O/c1-57(2)46-23-19-33-13-9-11-15-38(33)55(46)44-30-50-42(28-52(44)57)40-21-17-35(25-48(40)59(50,5)6)37-27-54(61-32-37)36-18-22-41-43-29-53-45(31-51(43)60(7,8)49(41)26-36)56-39-16-12-10-14-34(39)20-24-47(56)58(53,3)4/h9-32H,1-8H3. The van der Waals surface area contributed by atoms with Crippen LogP contribution in [0.5, 0.6) is 0 Å². The van der Waals surface area contributed by atoms with E-state index in [1.165, 1.54) is 116 Å². The van der Waals surface area contributed by atoms with Crippen molar-refractivity contribution in [1.29, 1.82) is 0 Å². The van der Waals surface area contributed by atoms with E-state index < -0.39 is 0 Å². The van der Waals surface area contributed by atoms with E-state index in [0.29, 0.717) is 0 Å². The maximum atomic E-state index is 6.46. The van der Waals surface area contributed by atoms with Gasteiger partial charge in [-0.1, -0.05) is 152 Å². The van der Waals surface area contributed by atoms with E-state index in [9.17, 15) is 0 Å². The van der Waals surface area contributed by atoms with E-state index in [0.717, 1.165) is 16.9 Å². The second-order valence-corrected chi connectivity index (χ2v) is 20.5. The summed E-state index contributed by atoms with van der Waals surface area (Å²) in [5, 5.41) is 5.30. The minimum absolute atomic E-state index is 0.0716. The van der Waals surface area contributed by atoms with Gasteiger partial charge < -0.3 is 4.42 Å². The van der Waals surface area contributed by atoms with E-state index in [1.54, 1.807) is 0 Å². The molecule has 4 aliphatic carbocycles. The monoisotopic (exact) mass is 784 g/mol. The fourth-order valence-electron chi connectivity index (χ4n) is 12.4. The Morgan fingerprint density at radius 3 is 1.25 bits per heavy atom. The van der Waals surface area contributed by atoms with Gasteiger partial charge in [-0.05, 0) is 159 Å². The van der Waals surface area contributed by atoms with Crippen LogP contribution in [-0.2, 0) is 21.7 Å². The van der Waals surface area contributed by atoms with Gasteiger partial charge in [0, 0.05) is 32.8 Å². The van der Waals surface area contributed by atoms with Crippen LogP contribution in [0, 0.1) is 0 Å². The van der Waals surface area contributed by atoms with E-state index in [4.69, 9.17) is 4.42 Å². The highest BCUT2D eigenvalue weighted by atomic mass is 16.3. The van der Waals surface area contributed by atoms with Crippen LogP contribution in [-0.4, -0.2) is 0 Å². The molecule has 294 valence electrons. The molecule has 0 unspecified atom stereocenters. The molecule has 8 aromatic carbocycles. The summed E-state index contributed by atoms with van der Waals surface area (Å²) >= 11 is 0. The summed E-state index contributed by atoms with van der Waals surface area (Å²) in [6, 6.07) is 53.5. The van der Waals surface area contributed by atoms with E-state index in [-0.39, 0.29) is 21.7 Å². The Morgan fingerprint density at radius 2 is 0.721 bits per heavy atom. The predicted octanol–water partition coefficient (Wildman–Crippen LogP) is 16.1. The average molecular weight is 785 g/mol. The fourth-order valence-corrected chi connectivity index (χ4v) is 12.4. The van der Waals surface area contributed by atoms with Crippen LogP contribution in [0.25, 0.3) is 88.5 Å². The molecular formula is C60H48O. The molecule has 0 radical (unpaired) electrons. The topological polar surface area (TPSA) is 13.1 Å². The summed E-state index contributed by atoms with van der Waals surface area (Å²) < 4.78 is 6.46. The summed E-state index contributed by atoms with van der Waals surface area (Å²) in [4.78, 5) is 0. The smallest absolute Gasteiger partial charge is 0.134 e. The van der Waals surface area contributed by atoms with Crippen LogP contribution in [0.3, 0.4) is 0 Å². The zero-order valence-corrected chi connectivity index (χ0v) is 36.3. The molecule has 0 saturated carbocycles. The molecule has 0 amide bonds. The maximum Gasteiger partial charge on any atom is 0.134 e. The molecule has 0 fully saturated rings. The van der Waals surface area contributed by atoms with E-state index in [2.05, 4.69) is 195 Å². The summed E-state index contributed by atoms with van der Waals surface area (Å²) in [7, 11) is 0. The molecule has 1 heterocycles. The first kappa shape index (κ1) is 35.3. The van der Waals surface area contributed by atoms with Crippen LogP contribution in [0.1, 0.15) is 99.9 Å². The minimum atomic E-state index is -0.159. The van der Waals surface area contributed by atoms with Gasteiger partial charge in [0.2, 0.25) is 0 Å². The highest BCUT2D eigenvalue weighted by Crippen LogP contribution is 2.59. The van der Waals surface area contributed by atoms with Gasteiger partial charge in [0.1, 0.15) is 5.76 Å². The molecule has 61 heavy (non-hydrogen) atoms. The molecule has 9 aromatic rings. The van der Waals surface area contributed by atoms with Crippen LogP contribution in [0.4, 0.5) is 0 Å². The summed E-state index contributed by atoms with van der Waals surface area (Å²) in [5.74, 6) is 0.904. The van der Waals surface area contributed by atoms with Gasteiger partial charge in [0.15, 0.2) is 0 Å². The third-order valence-corrected chi connectivity index (χ3v) is 15.9. The van der Waals surface area contributed by atoms with Crippen LogP contribution >= 0.6 is 0 Å². The number of furan rings is 1. The molecule has 1 nitrogen and oxygen atoms in total. The second-order valence-electron chi connectivity index (χ2n) is 20.5. The maximum absolute atomic E-state index is 6.46. The van der Waals surface area contributed by atoms with Crippen molar-refractivity contribution in [1.82, 2.24) is 0 Å². The zero-order chi connectivity index (χ0) is 41.5. The number of rotatable bonds is 2. The normalized spacial score (nSPS) is 17.0. The number of hydrogen-bond donors (Lipinski definition) is 0. The molecule has 0 aliphatic heterocycles. The van der Waals surface area contributed by atoms with Crippen molar-refractivity contribution in [3.63, 3.8) is 0 Å². The van der Waals surface area contributed by atoms with Crippen LogP contribution in [0.2, 0.25) is 0 Å². The molecule has 1 heteroatoms. The lowest BCUT2D eigenvalue weighted by Gasteiger charge is -2.24. The highest BCUT2D eigenvalue weighted by molar-refractivity contribution is 6.05. The first-order valence-electron chi connectivity index (χ1n) is 22.1. The Labute approximate surface area is 358 Å². The molecule has 0 bridgehead atoms. The third kappa shape index (κ3) is 4.37. The Hall–Kier alpha value is -6.44. The molecule has 0 N–H and O–H groups in total. The molecule has 0 atom stereocenters. The van der Waals surface area contributed by atoms with Crippen molar-refractivity contribution in [2.75, 3.05) is 0 Å². The molecule has 1 aromatic heterocycles. The van der Waals surface area contributed by atoms with Crippen molar-refractivity contribution in [3.8, 4) is 67.0 Å². The lowest BCUT2D eigenvalue weighted by molar-refractivity contribution is 0.582. The third-order valence-electron chi connectivity index (χ3n) is 15.9. The van der Waals surface area contributed by atoms with Crippen molar-refractivity contribution >= 4 is 21.5 Å². The average Bonchev–Trinajstić information content (AvgIpc) is 4.01. The van der Waals surface area contributed by atoms with Gasteiger partial charge >= 0.3 is 0 Å². The molecular weight excluding hydrogens is 737 g/mol. The quantitative estimate of drug-likeness (QED) is 0.170. The zero-order valence-electron chi connectivity index (χ0n) is 36.3. The lowest BCUT2D eigenvalue weighted by Crippen LogP contribution is -2.17. The Morgan fingerprint density at radius 1 is 0.311 bits per heavy atom. The molecule has 4 aliphatic rings. The fraction of sp³-hybridized carbons (Fsp3) is 0.200. The Kier molecular flexibility index (Phi) is 6.53. The van der Waals surface area contributed by atoms with Crippen molar-refractivity contribution in [2.24, 2.45) is 0 Å². The largest absolute Gasteiger partial charge is 0.464 e. The SMILES string of the molecule is CC1(C)c2cc(-c3coc(-c4ccc5c(c4)C(C)(C)c4cc6c(cc4-5)C(C)(C)c4ccc5ccccc5c4-6)c3)ccc2-c2cc3c(cc21)-c1c(ccc2ccccc12)C3(C)C. The number of benzene rings is 8. The first-order chi connectivity index (χ1) is 29.2. The first-order valence-corrected chi connectivity index (χ1v) is 22.1. The van der Waals surface area contributed by atoms with Gasteiger partial charge in [-0.15, -0.1) is 0 Å². The van der Waals surface area contributed by atoms with Gasteiger partial charge in [-0.3, -0.25) is 0 Å². The lowest BCUT2D eigenvalue weighted by atomic mass is 9.79. The number of hydrogen-bond acceptors (Lipinski definition) is 1. The van der Waals surface area contributed by atoms with Gasteiger partial charge in [0.05, 0.1) is 6.26 Å². The van der Waals surface area contributed by atoms with Crippen molar-refractivity contribution < 1.29 is 4.42 Å². The van der Waals surface area contributed by atoms with Crippen LogP contribution < -0.4 is 0 Å². The number of fused-ring (bicyclic) bond motifs is 16. The van der Waals surface area contributed by atoms with Crippen molar-refractivity contribution in [3.05, 3.63) is 190 Å². The summed E-state index contributed by atoms with van der Waals surface area (Å²) in [6.45, 7) is 19.2. The van der Waals surface area contributed by atoms with Crippen molar-refractivity contribution in [2.45, 2.75) is 77.0 Å². The van der Waals surface area contributed by atoms with E-state index in [1.807, 2.05) is 6.26 Å². The molecule has 0 spiro atoms. The molecule has 13 rings (SSSR count). The highest BCUT2D eigenvalue weighted by Gasteiger charge is 2.44. The Bertz CT molecular complexity index is 3240. The minimum Gasteiger partial charge on any atom is -0.464 e. The van der Waals surface area contributed by atoms with Gasteiger partial charge in [-0.2, -0.15) is 0 Å². The molecule has 0 saturated heterocycles. The van der Waals surface area contributed by atoms with E-state index >= 15 is 0 Å². The second kappa shape index (κ2) is 11.3. The predicted molar refractivity (Wildman–Crippen MR) is 255 cm³/mol.